The van der Waals surface area contributed by atoms with Gasteiger partial charge in [0.2, 0.25) is 5.95 Å². The number of nitrogens with zero attached hydrogens (tertiary/aromatic N) is 7. The second kappa shape index (κ2) is 8.07. The van der Waals surface area contributed by atoms with Gasteiger partial charge in [0, 0.05) is 54.9 Å². The fourth-order valence-corrected chi connectivity index (χ4v) is 5.16. The van der Waals surface area contributed by atoms with Crippen molar-refractivity contribution in [1.82, 2.24) is 34.0 Å². The SMILES string of the molecule is Cc1nc2ncc(-c3ccn4nc(N[C@H]5C[C@H](N(C)C)C5)ncc34)cc2n1C1CCOCC1. The van der Waals surface area contributed by atoms with E-state index < -0.39 is 0 Å². The minimum Gasteiger partial charge on any atom is -0.381 e. The van der Waals surface area contributed by atoms with Gasteiger partial charge < -0.3 is 19.5 Å². The van der Waals surface area contributed by atoms with Gasteiger partial charge in [-0.2, -0.15) is 0 Å². The summed E-state index contributed by atoms with van der Waals surface area (Å²) >= 11 is 0. The summed E-state index contributed by atoms with van der Waals surface area (Å²) in [7, 11) is 4.27. The third kappa shape index (κ3) is 3.65. The molecule has 1 saturated heterocycles. The molecular formula is C24H30N8O. The van der Waals surface area contributed by atoms with Gasteiger partial charge in [0.15, 0.2) is 5.65 Å². The monoisotopic (exact) mass is 446 g/mol. The number of hydrogen-bond donors (Lipinski definition) is 1. The van der Waals surface area contributed by atoms with Gasteiger partial charge >= 0.3 is 0 Å². The lowest BCUT2D eigenvalue weighted by atomic mass is 9.86. The van der Waals surface area contributed by atoms with Crippen molar-refractivity contribution < 1.29 is 4.74 Å². The quantitative estimate of drug-likeness (QED) is 0.503. The Morgan fingerprint density at radius 3 is 2.70 bits per heavy atom. The van der Waals surface area contributed by atoms with Crippen molar-refractivity contribution in [2.45, 2.75) is 50.7 Å². The zero-order chi connectivity index (χ0) is 22.5. The summed E-state index contributed by atoms with van der Waals surface area (Å²) in [6, 6.07) is 5.77. The topological polar surface area (TPSA) is 85.4 Å². The number of imidazole rings is 1. The van der Waals surface area contributed by atoms with Crippen molar-refractivity contribution in [2.24, 2.45) is 0 Å². The number of nitrogens with one attached hydrogen (secondary N) is 1. The number of ether oxygens (including phenoxy) is 1. The first-order valence-electron chi connectivity index (χ1n) is 11.8. The van der Waals surface area contributed by atoms with Crippen LogP contribution in [0.4, 0.5) is 5.95 Å². The number of fused-ring (bicyclic) bond motifs is 2. The largest absolute Gasteiger partial charge is 0.381 e. The molecule has 1 aliphatic carbocycles. The summed E-state index contributed by atoms with van der Waals surface area (Å²) in [5.41, 5.74) is 4.97. The van der Waals surface area contributed by atoms with Gasteiger partial charge in [-0.15, -0.1) is 5.10 Å². The molecule has 0 bridgehead atoms. The Balaban J connectivity index is 1.30. The molecule has 1 aliphatic heterocycles. The Kier molecular flexibility index (Phi) is 5.03. The van der Waals surface area contributed by atoms with Gasteiger partial charge in [-0.25, -0.2) is 19.5 Å². The van der Waals surface area contributed by atoms with Crippen molar-refractivity contribution in [2.75, 3.05) is 32.6 Å². The maximum absolute atomic E-state index is 5.57. The molecular weight excluding hydrogens is 416 g/mol. The predicted molar refractivity (Wildman–Crippen MR) is 127 cm³/mol. The Morgan fingerprint density at radius 2 is 1.91 bits per heavy atom. The first-order chi connectivity index (χ1) is 16.1. The van der Waals surface area contributed by atoms with Crippen LogP contribution in [0, 0.1) is 6.92 Å². The van der Waals surface area contributed by atoms with Crippen LogP contribution < -0.4 is 5.32 Å². The average Bonchev–Trinajstić information content (AvgIpc) is 3.35. The summed E-state index contributed by atoms with van der Waals surface area (Å²) in [6.45, 7) is 3.66. The normalized spacial score (nSPS) is 21.7. The van der Waals surface area contributed by atoms with Crippen molar-refractivity contribution in [3.63, 3.8) is 0 Å². The second-order valence-corrected chi connectivity index (χ2v) is 9.51. The number of hydrogen-bond acceptors (Lipinski definition) is 7. The van der Waals surface area contributed by atoms with Crippen molar-refractivity contribution in [3.8, 4) is 11.1 Å². The van der Waals surface area contributed by atoms with E-state index in [9.17, 15) is 0 Å². The minimum atomic E-state index is 0.405. The number of pyridine rings is 1. The number of aromatic nitrogens is 6. The van der Waals surface area contributed by atoms with Gasteiger partial charge in [0.25, 0.3) is 0 Å². The third-order valence-electron chi connectivity index (χ3n) is 7.18. The Bertz CT molecular complexity index is 1300. The van der Waals surface area contributed by atoms with Crippen LogP contribution in [0.2, 0.25) is 0 Å². The lowest BCUT2D eigenvalue weighted by molar-refractivity contribution is 0.0701. The molecule has 172 valence electrons. The average molecular weight is 447 g/mol. The first kappa shape index (κ1) is 20.6. The fourth-order valence-electron chi connectivity index (χ4n) is 5.16. The summed E-state index contributed by atoms with van der Waals surface area (Å²) in [4.78, 5) is 16.3. The van der Waals surface area contributed by atoms with Crippen LogP contribution in [0.1, 0.15) is 37.5 Å². The van der Waals surface area contributed by atoms with E-state index in [4.69, 9.17) is 14.8 Å². The maximum Gasteiger partial charge on any atom is 0.241 e. The highest BCUT2D eigenvalue weighted by Crippen LogP contribution is 2.32. The first-order valence-corrected chi connectivity index (χ1v) is 11.8. The molecule has 0 spiro atoms. The van der Waals surface area contributed by atoms with Crippen LogP contribution >= 0.6 is 0 Å². The molecule has 1 saturated carbocycles. The Hall–Kier alpha value is -3.04. The zero-order valence-electron chi connectivity index (χ0n) is 19.4. The highest BCUT2D eigenvalue weighted by molar-refractivity contribution is 5.85. The molecule has 0 atom stereocenters. The van der Waals surface area contributed by atoms with Crippen molar-refractivity contribution >= 4 is 22.6 Å². The highest BCUT2D eigenvalue weighted by atomic mass is 16.5. The van der Waals surface area contributed by atoms with E-state index in [1.54, 1.807) is 0 Å². The summed E-state index contributed by atoms with van der Waals surface area (Å²) < 4.78 is 9.81. The molecule has 4 aromatic rings. The molecule has 4 aromatic heterocycles. The Labute approximate surface area is 192 Å². The zero-order valence-corrected chi connectivity index (χ0v) is 19.4. The van der Waals surface area contributed by atoms with Crippen LogP contribution in [0.5, 0.6) is 0 Å². The number of aryl methyl sites for hydroxylation is 1. The standard InChI is InChI=1S/C24H30N8O/c1-15-27-23-21(32(15)18-5-8-33-9-6-18)10-16(13-25-23)20-4-7-31-22(20)14-26-24(29-31)28-17-11-19(12-17)30(2)3/h4,7,10,13-14,17-19H,5-6,8-9,11-12H2,1-3H3,(H,28,29)/t17-,19-. The lowest BCUT2D eigenvalue weighted by Gasteiger charge is -2.39. The predicted octanol–water partition coefficient (Wildman–Crippen LogP) is 3.31. The molecule has 0 unspecified atom stereocenters. The van der Waals surface area contributed by atoms with E-state index in [-0.39, 0.29) is 0 Å². The molecule has 6 rings (SSSR count). The van der Waals surface area contributed by atoms with Gasteiger partial charge in [-0.1, -0.05) is 0 Å². The summed E-state index contributed by atoms with van der Waals surface area (Å²) in [5.74, 6) is 1.68. The van der Waals surface area contributed by atoms with E-state index >= 15 is 0 Å². The van der Waals surface area contributed by atoms with Gasteiger partial charge in [-0.3, -0.25) is 0 Å². The molecule has 0 aromatic carbocycles. The molecule has 0 amide bonds. The van der Waals surface area contributed by atoms with Gasteiger partial charge in [0.1, 0.15) is 5.82 Å². The van der Waals surface area contributed by atoms with Crippen LogP contribution in [0.25, 0.3) is 27.8 Å². The van der Waals surface area contributed by atoms with Crippen LogP contribution in [0.15, 0.2) is 30.7 Å². The van der Waals surface area contributed by atoms with E-state index in [0.717, 1.165) is 72.5 Å². The van der Waals surface area contributed by atoms with E-state index in [1.165, 1.54) is 0 Å². The van der Waals surface area contributed by atoms with Crippen LogP contribution in [-0.4, -0.2) is 73.4 Å². The number of rotatable bonds is 5. The summed E-state index contributed by atoms with van der Waals surface area (Å²) in [5, 5.41) is 8.17. The molecule has 2 fully saturated rings. The fraction of sp³-hybridized carbons (Fsp3) is 0.500. The summed E-state index contributed by atoms with van der Waals surface area (Å²) in [6.07, 6.45) is 10.1. The van der Waals surface area contributed by atoms with Crippen LogP contribution in [0.3, 0.4) is 0 Å². The van der Waals surface area contributed by atoms with E-state index in [2.05, 4.69) is 57.9 Å². The minimum absolute atomic E-state index is 0.405. The smallest absolute Gasteiger partial charge is 0.241 e. The molecule has 2 aliphatic rings. The van der Waals surface area contributed by atoms with Crippen molar-refractivity contribution in [1.29, 1.82) is 0 Å². The molecule has 33 heavy (non-hydrogen) atoms. The molecule has 1 N–H and O–H groups in total. The van der Waals surface area contributed by atoms with E-state index in [0.29, 0.717) is 24.1 Å². The highest BCUT2D eigenvalue weighted by Gasteiger charge is 2.31. The molecule has 5 heterocycles. The van der Waals surface area contributed by atoms with Crippen LogP contribution in [-0.2, 0) is 4.74 Å². The second-order valence-electron chi connectivity index (χ2n) is 9.51. The lowest BCUT2D eigenvalue weighted by Crippen LogP contribution is -2.47. The number of anilines is 1. The molecule has 9 heteroatoms. The van der Waals surface area contributed by atoms with Gasteiger partial charge in [-0.05, 0) is 58.8 Å². The third-order valence-corrected chi connectivity index (χ3v) is 7.18. The maximum atomic E-state index is 5.57. The van der Waals surface area contributed by atoms with E-state index in [1.807, 2.05) is 23.1 Å². The van der Waals surface area contributed by atoms with Crippen molar-refractivity contribution in [3.05, 3.63) is 36.5 Å². The Morgan fingerprint density at radius 1 is 1.09 bits per heavy atom. The molecule has 0 radical (unpaired) electrons. The van der Waals surface area contributed by atoms with Gasteiger partial charge in [0.05, 0.1) is 17.2 Å². The molecule has 9 nitrogen and oxygen atoms in total.